The SMILES string of the molecule is NCC1CCCc2cc(Sc3ccccc3F)ccc21. The highest BCUT2D eigenvalue weighted by Crippen LogP contribution is 2.36. The standard InChI is InChI=1S/C17H18FNS/c18-16-6-1-2-7-17(16)20-14-8-9-15-12(10-14)4-3-5-13(15)11-19/h1-2,6-10,13H,3-5,11,19H2. The van der Waals surface area contributed by atoms with E-state index in [-0.39, 0.29) is 5.82 Å². The molecular formula is C17H18FNS. The van der Waals surface area contributed by atoms with Crippen LogP contribution in [0.1, 0.15) is 29.9 Å². The molecule has 0 bridgehead atoms. The van der Waals surface area contributed by atoms with E-state index in [2.05, 4.69) is 18.2 Å². The van der Waals surface area contributed by atoms with Gasteiger partial charge in [0.05, 0.1) is 0 Å². The Labute approximate surface area is 123 Å². The Morgan fingerprint density at radius 2 is 2.05 bits per heavy atom. The number of hydrogen-bond donors (Lipinski definition) is 1. The van der Waals surface area contributed by atoms with E-state index in [4.69, 9.17) is 5.73 Å². The van der Waals surface area contributed by atoms with E-state index in [0.717, 1.165) is 11.3 Å². The van der Waals surface area contributed by atoms with E-state index in [9.17, 15) is 4.39 Å². The second-order valence-corrected chi connectivity index (χ2v) is 6.33. The van der Waals surface area contributed by atoms with Crippen molar-refractivity contribution >= 4 is 11.8 Å². The van der Waals surface area contributed by atoms with Crippen LogP contribution in [0.5, 0.6) is 0 Å². The van der Waals surface area contributed by atoms with E-state index in [1.54, 1.807) is 6.07 Å². The van der Waals surface area contributed by atoms with Gasteiger partial charge < -0.3 is 5.73 Å². The van der Waals surface area contributed by atoms with Crippen molar-refractivity contribution in [2.75, 3.05) is 6.54 Å². The summed E-state index contributed by atoms with van der Waals surface area (Å²) in [5.74, 6) is 0.335. The van der Waals surface area contributed by atoms with Gasteiger partial charge in [-0.1, -0.05) is 30.0 Å². The molecule has 0 aliphatic heterocycles. The van der Waals surface area contributed by atoms with Crippen molar-refractivity contribution in [3.63, 3.8) is 0 Å². The molecule has 1 unspecified atom stereocenters. The first-order valence-corrected chi connectivity index (χ1v) is 7.85. The van der Waals surface area contributed by atoms with Crippen LogP contribution in [0.25, 0.3) is 0 Å². The average molecular weight is 287 g/mol. The van der Waals surface area contributed by atoms with Crippen LogP contribution in [-0.4, -0.2) is 6.54 Å². The molecule has 0 fully saturated rings. The van der Waals surface area contributed by atoms with Crippen molar-refractivity contribution in [3.8, 4) is 0 Å². The first-order valence-electron chi connectivity index (χ1n) is 7.03. The number of aryl methyl sites for hydroxylation is 1. The predicted molar refractivity (Wildman–Crippen MR) is 81.7 cm³/mol. The molecule has 2 aromatic carbocycles. The molecule has 0 spiro atoms. The molecular weight excluding hydrogens is 269 g/mol. The summed E-state index contributed by atoms with van der Waals surface area (Å²) < 4.78 is 13.7. The summed E-state index contributed by atoms with van der Waals surface area (Å²) in [7, 11) is 0. The smallest absolute Gasteiger partial charge is 0.137 e. The normalized spacial score (nSPS) is 17.8. The van der Waals surface area contributed by atoms with Crippen LogP contribution in [0, 0.1) is 5.82 Å². The molecule has 1 nitrogen and oxygen atoms in total. The minimum absolute atomic E-state index is 0.157. The van der Waals surface area contributed by atoms with Crippen molar-refractivity contribution in [3.05, 3.63) is 59.4 Å². The Morgan fingerprint density at radius 1 is 1.20 bits per heavy atom. The van der Waals surface area contributed by atoms with E-state index in [0.29, 0.717) is 17.4 Å². The molecule has 2 N–H and O–H groups in total. The molecule has 0 amide bonds. The Balaban J connectivity index is 1.87. The van der Waals surface area contributed by atoms with Crippen molar-refractivity contribution in [1.82, 2.24) is 0 Å². The van der Waals surface area contributed by atoms with Crippen LogP contribution >= 0.6 is 11.8 Å². The van der Waals surface area contributed by atoms with Crippen LogP contribution in [0.3, 0.4) is 0 Å². The molecule has 20 heavy (non-hydrogen) atoms. The van der Waals surface area contributed by atoms with Gasteiger partial charge in [-0.15, -0.1) is 0 Å². The minimum atomic E-state index is -0.157. The lowest BCUT2D eigenvalue weighted by molar-refractivity contribution is 0.559. The topological polar surface area (TPSA) is 26.0 Å². The van der Waals surface area contributed by atoms with E-state index in [1.165, 1.54) is 41.8 Å². The third-order valence-electron chi connectivity index (χ3n) is 3.90. The third-order valence-corrected chi connectivity index (χ3v) is 4.94. The summed E-state index contributed by atoms with van der Waals surface area (Å²) in [4.78, 5) is 1.78. The van der Waals surface area contributed by atoms with Crippen LogP contribution in [0.2, 0.25) is 0 Å². The molecule has 0 aromatic heterocycles. The Hall–Kier alpha value is -1.32. The minimum Gasteiger partial charge on any atom is -0.330 e. The summed E-state index contributed by atoms with van der Waals surface area (Å²) in [6, 6.07) is 13.4. The van der Waals surface area contributed by atoms with Gasteiger partial charge >= 0.3 is 0 Å². The summed E-state index contributed by atoms with van der Waals surface area (Å²) in [6.45, 7) is 0.715. The lowest BCUT2D eigenvalue weighted by Crippen LogP contribution is -2.18. The second kappa shape index (κ2) is 5.98. The number of halogens is 1. The molecule has 2 aromatic rings. The molecule has 0 radical (unpaired) electrons. The Kier molecular flexibility index (Phi) is 4.08. The first kappa shape index (κ1) is 13.7. The molecule has 0 saturated heterocycles. The maximum atomic E-state index is 13.7. The molecule has 3 heteroatoms. The molecule has 104 valence electrons. The Morgan fingerprint density at radius 3 is 2.85 bits per heavy atom. The van der Waals surface area contributed by atoms with Gasteiger partial charge in [0.2, 0.25) is 0 Å². The molecule has 0 saturated carbocycles. The predicted octanol–water partition coefficient (Wildman–Crippen LogP) is 4.36. The first-order chi connectivity index (χ1) is 9.78. The van der Waals surface area contributed by atoms with Gasteiger partial charge in [-0.05, 0) is 67.1 Å². The van der Waals surface area contributed by atoms with Crippen LogP contribution in [0.4, 0.5) is 4.39 Å². The number of fused-ring (bicyclic) bond motifs is 1. The van der Waals surface area contributed by atoms with Gasteiger partial charge in [0.1, 0.15) is 5.82 Å². The quantitative estimate of drug-likeness (QED) is 0.908. The highest BCUT2D eigenvalue weighted by molar-refractivity contribution is 7.99. The number of nitrogens with two attached hydrogens (primary N) is 1. The lowest BCUT2D eigenvalue weighted by Gasteiger charge is -2.24. The highest BCUT2D eigenvalue weighted by Gasteiger charge is 2.19. The van der Waals surface area contributed by atoms with Crippen molar-refractivity contribution < 1.29 is 4.39 Å². The van der Waals surface area contributed by atoms with Crippen molar-refractivity contribution in [2.45, 2.75) is 35.0 Å². The fourth-order valence-electron chi connectivity index (χ4n) is 2.85. The molecule has 3 rings (SSSR count). The number of hydrogen-bond acceptors (Lipinski definition) is 2. The van der Waals surface area contributed by atoms with Crippen LogP contribution < -0.4 is 5.73 Å². The number of benzene rings is 2. The Bertz CT molecular complexity index is 612. The van der Waals surface area contributed by atoms with Crippen molar-refractivity contribution in [1.29, 1.82) is 0 Å². The highest BCUT2D eigenvalue weighted by atomic mass is 32.2. The van der Waals surface area contributed by atoms with E-state index in [1.807, 2.05) is 12.1 Å². The molecule has 1 aliphatic rings. The second-order valence-electron chi connectivity index (χ2n) is 5.22. The van der Waals surface area contributed by atoms with Gasteiger partial charge in [-0.25, -0.2) is 4.39 Å². The zero-order chi connectivity index (χ0) is 13.9. The largest absolute Gasteiger partial charge is 0.330 e. The van der Waals surface area contributed by atoms with Crippen molar-refractivity contribution in [2.24, 2.45) is 5.73 Å². The monoisotopic (exact) mass is 287 g/mol. The van der Waals surface area contributed by atoms with Crippen LogP contribution in [0.15, 0.2) is 52.3 Å². The summed E-state index contributed by atoms with van der Waals surface area (Å²) >= 11 is 1.49. The lowest BCUT2D eigenvalue weighted by atomic mass is 9.83. The fraction of sp³-hybridized carbons (Fsp3) is 0.294. The van der Waals surface area contributed by atoms with E-state index < -0.39 is 0 Å². The summed E-state index contributed by atoms with van der Waals surface area (Å²) in [6.07, 6.45) is 3.49. The molecule has 1 atom stereocenters. The van der Waals surface area contributed by atoms with E-state index >= 15 is 0 Å². The van der Waals surface area contributed by atoms with Gasteiger partial charge in [-0.3, -0.25) is 0 Å². The maximum Gasteiger partial charge on any atom is 0.137 e. The maximum absolute atomic E-state index is 13.7. The fourth-order valence-corrected chi connectivity index (χ4v) is 3.76. The van der Waals surface area contributed by atoms with Gasteiger partial charge in [0, 0.05) is 9.79 Å². The number of rotatable bonds is 3. The molecule has 0 heterocycles. The zero-order valence-electron chi connectivity index (χ0n) is 11.3. The average Bonchev–Trinajstić information content (AvgIpc) is 2.49. The van der Waals surface area contributed by atoms with Gasteiger partial charge in [0.15, 0.2) is 0 Å². The summed E-state index contributed by atoms with van der Waals surface area (Å²) in [5.41, 5.74) is 8.61. The summed E-state index contributed by atoms with van der Waals surface area (Å²) in [5, 5.41) is 0. The van der Waals surface area contributed by atoms with Crippen LogP contribution in [-0.2, 0) is 6.42 Å². The third kappa shape index (κ3) is 2.74. The zero-order valence-corrected chi connectivity index (χ0v) is 12.1. The molecule has 1 aliphatic carbocycles. The van der Waals surface area contributed by atoms with Gasteiger partial charge in [0.25, 0.3) is 0 Å². The van der Waals surface area contributed by atoms with Gasteiger partial charge in [-0.2, -0.15) is 0 Å².